The van der Waals surface area contributed by atoms with E-state index in [0.717, 1.165) is 38.0 Å². The molecule has 1 aliphatic rings. The van der Waals surface area contributed by atoms with E-state index in [-0.39, 0.29) is 11.9 Å². The van der Waals surface area contributed by atoms with Gasteiger partial charge in [-0.1, -0.05) is 48.5 Å². The van der Waals surface area contributed by atoms with Crippen LogP contribution in [0, 0.1) is 0 Å². The van der Waals surface area contributed by atoms with Crippen molar-refractivity contribution >= 4 is 5.91 Å². The van der Waals surface area contributed by atoms with Gasteiger partial charge in [-0.2, -0.15) is 0 Å². The molecule has 1 saturated heterocycles. The number of hydrogen-bond acceptors (Lipinski definition) is 2. The number of carbonyl (C=O) groups excluding carboxylic acids is 1. The molecule has 3 heteroatoms. The van der Waals surface area contributed by atoms with E-state index in [2.05, 4.69) is 34.5 Å². The van der Waals surface area contributed by atoms with Crippen molar-refractivity contribution in [1.29, 1.82) is 0 Å². The zero-order valence-corrected chi connectivity index (χ0v) is 12.7. The first-order chi connectivity index (χ1) is 10.8. The van der Waals surface area contributed by atoms with Gasteiger partial charge in [-0.05, 0) is 37.1 Å². The largest absolute Gasteiger partial charge is 0.348 e. The summed E-state index contributed by atoms with van der Waals surface area (Å²) in [6, 6.07) is 20.2. The number of amides is 1. The van der Waals surface area contributed by atoms with Gasteiger partial charge >= 0.3 is 0 Å². The molecule has 0 aromatic heterocycles. The highest BCUT2D eigenvalue weighted by Crippen LogP contribution is 2.14. The predicted octanol–water partition coefficient (Wildman–Crippen LogP) is 3.08. The summed E-state index contributed by atoms with van der Waals surface area (Å²) >= 11 is 0. The molecule has 2 aromatic carbocycles. The number of benzene rings is 2. The van der Waals surface area contributed by atoms with Crippen LogP contribution < -0.4 is 5.32 Å². The molecule has 22 heavy (non-hydrogen) atoms. The second-order valence-corrected chi connectivity index (χ2v) is 5.90. The molecule has 114 valence electrons. The van der Waals surface area contributed by atoms with Crippen molar-refractivity contribution in [3.05, 3.63) is 71.8 Å². The topological polar surface area (TPSA) is 32.3 Å². The van der Waals surface area contributed by atoms with Crippen LogP contribution in [-0.4, -0.2) is 29.9 Å². The molecule has 3 nitrogen and oxygen atoms in total. The Morgan fingerprint density at radius 2 is 1.73 bits per heavy atom. The quantitative estimate of drug-likeness (QED) is 0.940. The van der Waals surface area contributed by atoms with E-state index in [0.29, 0.717) is 0 Å². The van der Waals surface area contributed by atoms with Gasteiger partial charge in [0, 0.05) is 24.7 Å². The third-order valence-electron chi connectivity index (χ3n) is 4.13. The van der Waals surface area contributed by atoms with Crippen LogP contribution in [0.25, 0.3) is 0 Å². The fourth-order valence-electron chi connectivity index (χ4n) is 3.02. The standard InChI is InChI=1S/C19H22N2O/c22-19(17-10-5-2-6-11-17)20-18-12-7-13-21(15-18)14-16-8-3-1-4-9-16/h1-6,8-11,18H,7,12-15H2,(H,20,22). The predicted molar refractivity (Wildman–Crippen MR) is 88.6 cm³/mol. The maximum atomic E-state index is 12.2. The van der Waals surface area contributed by atoms with E-state index in [9.17, 15) is 4.79 Å². The molecule has 1 N–H and O–H groups in total. The Labute approximate surface area is 132 Å². The van der Waals surface area contributed by atoms with Crippen molar-refractivity contribution in [2.45, 2.75) is 25.4 Å². The molecule has 1 fully saturated rings. The second-order valence-electron chi connectivity index (χ2n) is 5.90. The number of nitrogens with zero attached hydrogens (tertiary/aromatic N) is 1. The number of carbonyl (C=O) groups is 1. The van der Waals surface area contributed by atoms with E-state index in [1.165, 1.54) is 5.56 Å². The molecule has 1 atom stereocenters. The molecule has 1 unspecified atom stereocenters. The SMILES string of the molecule is O=C(NC1CCCN(Cc2ccccc2)C1)c1ccccc1. The van der Waals surface area contributed by atoms with Crippen LogP contribution in [0.2, 0.25) is 0 Å². The summed E-state index contributed by atoms with van der Waals surface area (Å²) < 4.78 is 0. The van der Waals surface area contributed by atoms with Gasteiger partial charge in [-0.25, -0.2) is 0 Å². The molecule has 1 heterocycles. The molecule has 2 aromatic rings. The van der Waals surface area contributed by atoms with Gasteiger partial charge in [0.1, 0.15) is 0 Å². The molecule has 0 spiro atoms. The smallest absolute Gasteiger partial charge is 0.251 e. The summed E-state index contributed by atoms with van der Waals surface area (Å²) in [6.07, 6.45) is 2.19. The van der Waals surface area contributed by atoms with Crippen LogP contribution in [0.15, 0.2) is 60.7 Å². The molecule has 0 radical (unpaired) electrons. The Morgan fingerprint density at radius 3 is 2.45 bits per heavy atom. The van der Waals surface area contributed by atoms with E-state index in [1.807, 2.05) is 36.4 Å². The van der Waals surface area contributed by atoms with Gasteiger partial charge in [0.2, 0.25) is 0 Å². The van der Waals surface area contributed by atoms with E-state index < -0.39 is 0 Å². The average molecular weight is 294 g/mol. The molecular weight excluding hydrogens is 272 g/mol. The summed E-state index contributed by atoms with van der Waals surface area (Å²) in [5.74, 6) is 0.0344. The Kier molecular flexibility index (Phi) is 4.86. The minimum absolute atomic E-state index is 0.0344. The lowest BCUT2D eigenvalue weighted by molar-refractivity contribution is 0.0901. The van der Waals surface area contributed by atoms with E-state index in [4.69, 9.17) is 0 Å². The fraction of sp³-hybridized carbons (Fsp3) is 0.316. The lowest BCUT2D eigenvalue weighted by Crippen LogP contribution is -2.47. The van der Waals surface area contributed by atoms with Crippen molar-refractivity contribution in [1.82, 2.24) is 10.2 Å². The van der Waals surface area contributed by atoms with Crippen molar-refractivity contribution in [3.8, 4) is 0 Å². The van der Waals surface area contributed by atoms with E-state index >= 15 is 0 Å². The summed E-state index contributed by atoms with van der Waals surface area (Å²) in [5, 5.41) is 3.17. The van der Waals surface area contributed by atoms with Gasteiger partial charge in [0.05, 0.1) is 0 Å². The van der Waals surface area contributed by atoms with Crippen LogP contribution >= 0.6 is 0 Å². The molecule has 1 aliphatic heterocycles. The highest BCUT2D eigenvalue weighted by atomic mass is 16.1. The van der Waals surface area contributed by atoms with Crippen LogP contribution in [0.1, 0.15) is 28.8 Å². The summed E-state index contributed by atoms with van der Waals surface area (Å²) in [7, 11) is 0. The Hall–Kier alpha value is -2.13. The lowest BCUT2D eigenvalue weighted by atomic mass is 10.0. The zero-order valence-electron chi connectivity index (χ0n) is 12.7. The minimum Gasteiger partial charge on any atom is -0.348 e. The van der Waals surface area contributed by atoms with Crippen molar-refractivity contribution in [2.24, 2.45) is 0 Å². The van der Waals surface area contributed by atoms with Crippen LogP contribution in [0.4, 0.5) is 0 Å². The van der Waals surface area contributed by atoms with Crippen LogP contribution in [-0.2, 0) is 6.54 Å². The summed E-state index contributed by atoms with van der Waals surface area (Å²) in [4.78, 5) is 14.7. The Balaban J connectivity index is 1.55. The van der Waals surface area contributed by atoms with Crippen molar-refractivity contribution in [2.75, 3.05) is 13.1 Å². The highest BCUT2D eigenvalue weighted by molar-refractivity contribution is 5.94. The first kappa shape index (κ1) is 14.8. The third kappa shape index (κ3) is 3.95. The lowest BCUT2D eigenvalue weighted by Gasteiger charge is -2.33. The highest BCUT2D eigenvalue weighted by Gasteiger charge is 2.21. The number of likely N-dealkylation sites (tertiary alicyclic amines) is 1. The van der Waals surface area contributed by atoms with Crippen LogP contribution in [0.3, 0.4) is 0 Å². The van der Waals surface area contributed by atoms with Gasteiger partial charge in [-0.3, -0.25) is 9.69 Å². The average Bonchev–Trinajstić information content (AvgIpc) is 2.57. The second kappa shape index (κ2) is 7.23. The number of nitrogens with one attached hydrogen (secondary N) is 1. The Morgan fingerprint density at radius 1 is 1.05 bits per heavy atom. The number of piperidine rings is 1. The minimum atomic E-state index is 0.0344. The molecular formula is C19H22N2O. The van der Waals surface area contributed by atoms with Crippen LogP contribution in [0.5, 0.6) is 0 Å². The normalized spacial score (nSPS) is 18.8. The first-order valence-corrected chi connectivity index (χ1v) is 7.93. The summed E-state index contributed by atoms with van der Waals surface area (Å²) in [5.41, 5.74) is 2.07. The zero-order chi connectivity index (χ0) is 15.2. The Bertz CT molecular complexity index is 597. The maximum Gasteiger partial charge on any atom is 0.251 e. The van der Waals surface area contributed by atoms with Crippen molar-refractivity contribution < 1.29 is 4.79 Å². The van der Waals surface area contributed by atoms with Gasteiger partial charge in [-0.15, -0.1) is 0 Å². The monoisotopic (exact) mass is 294 g/mol. The first-order valence-electron chi connectivity index (χ1n) is 7.93. The fourth-order valence-corrected chi connectivity index (χ4v) is 3.02. The molecule has 1 amide bonds. The van der Waals surface area contributed by atoms with Gasteiger partial charge in [0.15, 0.2) is 0 Å². The summed E-state index contributed by atoms with van der Waals surface area (Å²) in [6.45, 7) is 2.98. The number of hydrogen-bond donors (Lipinski definition) is 1. The molecule has 3 rings (SSSR count). The van der Waals surface area contributed by atoms with Gasteiger partial charge in [0.25, 0.3) is 5.91 Å². The number of rotatable bonds is 4. The third-order valence-corrected chi connectivity index (χ3v) is 4.13. The molecule has 0 aliphatic carbocycles. The molecule has 0 saturated carbocycles. The maximum absolute atomic E-state index is 12.2. The van der Waals surface area contributed by atoms with Gasteiger partial charge < -0.3 is 5.32 Å². The molecule has 0 bridgehead atoms. The van der Waals surface area contributed by atoms with E-state index in [1.54, 1.807) is 0 Å². The van der Waals surface area contributed by atoms with Crippen molar-refractivity contribution in [3.63, 3.8) is 0 Å².